The molecule has 136 valence electrons. The average molecular weight is 358 g/mol. The summed E-state index contributed by atoms with van der Waals surface area (Å²) in [6.07, 6.45) is 1.50. The van der Waals surface area contributed by atoms with Crippen molar-refractivity contribution in [2.75, 3.05) is 6.54 Å². The predicted octanol–water partition coefficient (Wildman–Crippen LogP) is 0.209. The van der Waals surface area contributed by atoms with Crippen LogP contribution in [-0.4, -0.2) is 45.8 Å². The van der Waals surface area contributed by atoms with E-state index in [0.717, 1.165) is 10.5 Å². The first kappa shape index (κ1) is 17.6. The monoisotopic (exact) mass is 358 g/mol. The third-order valence-corrected chi connectivity index (χ3v) is 4.32. The Morgan fingerprint density at radius 1 is 1.35 bits per heavy atom. The minimum Gasteiger partial charge on any atom is -0.481 e. The summed E-state index contributed by atoms with van der Waals surface area (Å²) < 4.78 is 0. The van der Waals surface area contributed by atoms with Crippen LogP contribution in [0.15, 0.2) is 30.3 Å². The number of carbonyl (C=O) groups is 3. The number of imide groups is 1. The van der Waals surface area contributed by atoms with E-state index in [9.17, 15) is 14.4 Å². The largest absolute Gasteiger partial charge is 0.481 e. The zero-order chi connectivity index (χ0) is 18.9. The maximum atomic E-state index is 12.6. The van der Waals surface area contributed by atoms with Crippen LogP contribution in [0.4, 0.5) is 0 Å². The van der Waals surface area contributed by atoms with Crippen molar-refractivity contribution in [1.29, 1.82) is 5.41 Å². The molecule has 1 saturated heterocycles. The highest BCUT2D eigenvalue weighted by Crippen LogP contribution is 2.35. The Labute approximate surface area is 148 Å². The number of amidine groups is 1. The molecular weight excluding hydrogens is 340 g/mol. The number of aliphatic carboxylic acids is 1. The van der Waals surface area contributed by atoms with Gasteiger partial charge in [-0.3, -0.25) is 35.0 Å². The lowest BCUT2D eigenvalue weighted by molar-refractivity contribution is -0.148. The van der Waals surface area contributed by atoms with Crippen molar-refractivity contribution in [2.24, 2.45) is 5.73 Å². The number of nitrogens with one attached hydrogen (secondary N) is 2. The fourth-order valence-electron chi connectivity index (χ4n) is 2.95. The minimum absolute atomic E-state index is 0.0472. The third-order valence-electron chi connectivity index (χ3n) is 4.32. The molecule has 0 bridgehead atoms. The molecule has 2 aliphatic heterocycles. The first-order chi connectivity index (χ1) is 12.3. The van der Waals surface area contributed by atoms with E-state index < -0.39 is 23.4 Å². The number of carboxylic acids is 1. The smallest absolute Gasteiger partial charge is 0.303 e. The lowest BCUT2D eigenvalue weighted by atomic mass is 9.99. The van der Waals surface area contributed by atoms with E-state index in [1.807, 2.05) is 0 Å². The van der Waals surface area contributed by atoms with Crippen molar-refractivity contribution in [2.45, 2.75) is 24.9 Å². The lowest BCUT2D eigenvalue weighted by Crippen LogP contribution is -2.41. The van der Waals surface area contributed by atoms with Gasteiger partial charge in [0.25, 0.3) is 5.91 Å². The van der Waals surface area contributed by atoms with Gasteiger partial charge >= 0.3 is 5.97 Å². The number of amides is 2. The summed E-state index contributed by atoms with van der Waals surface area (Å²) in [5, 5.41) is 16.1. The molecule has 0 aromatic heterocycles. The number of likely N-dealkylation sites (tertiary alicyclic amines) is 1. The van der Waals surface area contributed by atoms with Crippen LogP contribution in [0.1, 0.15) is 30.4 Å². The zero-order valence-corrected chi connectivity index (χ0v) is 13.8. The van der Waals surface area contributed by atoms with E-state index in [-0.39, 0.29) is 31.6 Å². The number of carbonyl (C=O) groups excluding carboxylic acids is 2. The lowest BCUT2D eigenvalue weighted by Gasteiger charge is -2.18. The number of nitrogens with zero attached hydrogens (tertiary/aromatic N) is 1. The Bertz CT molecular complexity index is 817. The highest BCUT2D eigenvalue weighted by Gasteiger charge is 2.54. The van der Waals surface area contributed by atoms with Crippen molar-refractivity contribution in [3.05, 3.63) is 41.5 Å². The molecule has 1 aromatic rings. The molecule has 5 N–H and O–H groups in total. The van der Waals surface area contributed by atoms with Crippen LogP contribution in [-0.2, 0) is 19.2 Å². The van der Waals surface area contributed by atoms with Crippen molar-refractivity contribution < 1.29 is 24.3 Å². The van der Waals surface area contributed by atoms with Crippen LogP contribution in [0.25, 0.3) is 5.70 Å². The molecule has 3 rings (SSSR count). The number of nitrogen functional groups attached to an aromatic ring is 1. The first-order valence-electron chi connectivity index (χ1n) is 8.01. The van der Waals surface area contributed by atoms with Crippen molar-refractivity contribution in [3.63, 3.8) is 0 Å². The Kier molecular flexibility index (Phi) is 4.47. The molecule has 0 saturated carbocycles. The number of hydrogen-bond acceptors (Lipinski definition) is 6. The Balaban J connectivity index is 1.77. The molecule has 1 spiro atoms. The van der Waals surface area contributed by atoms with Crippen LogP contribution < -0.4 is 11.2 Å². The van der Waals surface area contributed by atoms with E-state index in [0.29, 0.717) is 11.3 Å². The van der Waals surface area contributed by atoms with Gasteiger partial charge in [0.1, 0.15) is 5.84 Å². The Morgan fingerprint density at radius 2 is 2.04 bits per heavy atom. The quantitative estimate of drug-likeness (QED) is 0.323. The second-order valence-electron chi connectivity index (χ2n) is 6.17. The minimum atomic E-state index is -1.41. The highest BCUT2D eigenvalue weighted by molar-refractivity contribution is 6.10. The third kappa shape index (κ3) is 3.16. The molecule has 1 fully saturated rings. The van der Waals surface area contributed by atoms with E-state index in [4.69, 9.17) is 21.1 Å². The maximum absolute atomic E-state index is 12.6. The highest BCUT2D eigenvalue weighted by atomic mass is 16.7. The SMILES string of the molecule is N=C(N)c1ccc(C2=CC3(CC(=O)N(CCCC(=O)O)C3=O)ON2)cc1. The molecule has 26 heavy (non-hydrogen) atoms. The number of hydrogen-bond donors (Lipinski definition) is 4. The van der Waals surface area contributed by atoms with Crippen LogP contribution in [0.3, 0.4) is 0 Å². The molecule has 9 heteroatoms. The van der Waals surface area contributed by atoms with Gasteiger partial charge in [-0.05, 0) is 18.1 Å². The van der Waals surface area contributed by atoms with Gasteiger partial charge < -0.3 is 10.8 Å². The predicted molar refractivity (Wildman–Crippen MR) is 90.6 cm³/mol. The summed E-state index contributed by atoms with van der Waals surface area (Å²) in [5.41, 5.74) is 8.52. The van der Waals surface area contributed by atoms with Gasteiger partial charge in [0.15, 0.2) is 0 Å². The zero-order valence-electron chi connectivity index (χ0n) is 13.8. The van der Waals surface area contributed by atoms with Gasteiger partial charge in [0, 0.05) is 18.5 Å². The number of carboxylic acid groups (broad SMARTS) is 1. The normalized spacial score (nSPS) is 21.8. The van der Waals surface area contributed by atoms with Crippen molar-refractivity contribution >= 4 is 29.3 Å². The Morgan fingerprint density at radius 3 is 2.65 bits per heavy atom. The maximum Gasteiger partial charge on any atom is 0.303 e. The molecule has 1 atom stereocenters. The molecule has 0 radical (unpaired) electrons. The van der Waals surface area contributed by atoms with E-state index in [1.54, 1.807) is 30.3 Å². The van der Waals surface area contributed by atoms with Crippen LogP contribution in [0.5, 0.6) is 0 Å². The average Bonchev–Trinajstić information content (AvgIpc) is 3.12. The molecule has 1 aromatic carbocycles. The van der Waals surface area contributed by atoms with E-state index in [2.05, 4.69) is 5.48 Å². The molecule has 9 nitrogen and oxygen atoms in total. The van der Waals surface area contributed by atoms with Gasteiger partial charge in [-0.25, -0.2) is 0 Å². The van der Waals surface area contributed by atoms with Gasteiger partial charge in [-0.2, -0.15) is 0 Å². The number of nitrogens with two attached hydrogens (primary N) is 1. The van der Waals surface area contributed by atoms with E-state index in [1.165, 1.54) is 0 Å². The molecule has 1 unspecified atom stereocenters. The molecular formula is C17H18N4O5. The number of hydroxylamine groups is 1. The van der Waals surface area contributed by atoms with E-state index >= 15 is 0 Å². The molecule has 2 amide bonds. The topological polar surface area (TPSA) is 146 Å². The van der Waals surface area contributed by atoms with Crippen LogP contribution in [0.2, 0.25) is 0 Å². The van der Waals surface area contributed by atoms with Crippen molar-refractivity contribution in [3.8, 4) is 0 Å². The summed E-state index contributed by atoms with van der Waals surface area (Å²) in [4.78, 5) is 41.9. The second kappa shape index (κ2) is 6.60. The summed E-state index contributed by atoms with van der Waals surface area (Å²) in [6.45, 7) is 0.0472. The number of benzene rings is 1. The molecule has 0 aliphatic carbocycles. The van der Waals surface area contributed by atoms with Gasteiger partial charge in [-0.15, -0.1) is 0 Å². The first-order valence-corrected chi connectivity index (χ1v) is 8.01. The summed E-state index contributed by atoms with van der Waals surface area (Å²) >= 11 is 0. The summed E-state index contributed by atoms with van der Waals surface area (Å²) in [6, 6.07) is 6.80. The molecule has 2 aliphatic rings. The standard InChI is InChI=1S/C17H18N4O5/c18-15(19)11-5-3-10(4-6-11)12-8-17(26-20-12)9-13(22)21(16(17)25)7-1-2-14(23)24/h3-6,8,20H,1-2,7,9H2,(H3,18,19)(H,23,24). The molecule has 2 heterocycles. The van der Waals surface area contributed by atoms with Crippen molar-refractivity contribution in [1.82, 2.24) is 10.4 Å². The van der Waals surface area contributed by atoms with Gasteiger partial charge in [0.05, 0.1) is 12.1 Å². The van der Waals surface area contributed by atoms with Gasteiger partial charge in [0.2, 0.25) is 11.5 Å². The Hall–Kier alpha value is -3.20. The summed E-state index contributed by atoms with van der Waals surface area (Å²) in [5.74, 6) is -1.93. The van der Waals surface area contributed by atoms with Crippen LogP contribution in [0, 0.1) is 5.41 Å². The summed E-state index contributed by atoms with van der Waals surface area (Å²) in [7, 11) is 0. The van der Waals surface area contributed by atoms with Crippen LogP contribution >= 0.6 is 0 Å². The van der Waals surface area contributed by atoms with Gasteiger partial charge in [-0.1, -0.05) is 24.3 Å². The fourth-order valence-corrected chi connectivity index (χ4v) is 2.95. The number of rotatable bonds is 6. The fraction of sp³-hybridized carbons (Fsp3) is 0.294. The second-order valence-corrected chi connectivity index (χ2v) is 6.17.